The molecule has 202 valence electrons. The summed E-state index contributed by atoms with van der Waals surface area (Å²) in [5, 5.41) is 3.49. The molecule has 2 aromatic carbocycles. The van der Waals surface area contributed by atoms with Gasteiger partial charge in [-0.05, 0) is 99.0 Å². The van der Waals surface area contributed by atoms with Gasteiger partial charge in [0.15, 0.2) is 0 Å². The summed E-state index contributed by atoms with van der Waals surface area (Å²) in [6.07, 6.45) is 12.8. The van der Waals surface area contributed by atoms with Crippen molar-refractivity contribution in [1.29, 1.82) is 0 Å². The van der Waals surface area contributed by atoms with Gasteiger partial charge < -0.3 is 11.1 Å². The highest BCUT2D eigenvalue weighted by molar-refractivity contribution is 5.68. The van der Waals surface area contributed by atoms with Crippen LogP contribution < -0.4 is 11.1 Å². The number of amides is 1. The van der Waals surface area contributed by atoms with Gasteiger partial charge in [0.1, 0.15) is 0 Å². The average Bonchev–Trinajstić information content (AvgIpc) is 2.93. The maximum absolute atomic E-state index is 8.58. The zero-order chi connectivity index (χ0) is 28.3. The van der Waals surface area contributed by atoms with E-state index in [4.69, 9.17) is 11.2 Å². The Bertz CT molecular complexity index is 1170. The zero-order valence-electron chi connectivity index (χ0n) is 24.1. The summed E-state index contributed by atoms with van der Waals surface area (Å²) in [6.45, 7) is 13.6. The minimum absolute atomic E-state index is 0.250. The van der Waals surface area contributed by atoms with Crippen molar-refractivity contribution >= 4 is 17.7 Å². The first kappa shape index (κ1) is 32.2. The van der Waals surface area contributed by atoms with Crippen LogP contribution in [-0.2, 0) is 11.3 Å². The van der Waals surface area contributed by atoms with Crippen LogP contribution in [0.15, 0.2) is 66.7 Å². The third-order valence-corrected chi connectivity index (χ3v) is 6.35. The molecule has 0 atom stereocenters. The summed E-state index contributed by atoms with van der Waals surface area (Å²) >= 11 is 0. The van der Waals surface area contributed by atoms with Crippen LogP contribution in [0.2, 0.25) is 0 Å². The number of rotatable bonds is 9. The van der Waals surface area contributed by atoms with E-state index in [9.17, 15) is 0 Å². The first-order valence-corrected chi connectivity index (χ1v) is 13.5. The van der Waals surface area contributed by atoms with Gasteiger partial charge in [0.25, 0.3) is 0 Å². The Balaban J connectivity index is 0.000000356. The summed E-state index contributed by atoms with van der Waals surface area (Å²) in [7, 11) is 0. The number of nitrogens with zero attached hydrogens (tertiary/aromatic N) is 1. The Labute approximate surface area is 230 Å². The van der Waals surface area contributed by atoms with Crippen LogP contribution in [0, 0.1) is 26.2 Å². The van der Waals surface area contributed by atoms with E-state index in [0.717, 1.165) is 23.5 Å². The van der Waals surface area contributed by atoms with Crippen LogP contribution in [0.4, 0.5) is 5.69 Å². The largest absolute Gasteiger partial charge is 0.379 e. The number of nitrogens with two attached hydrogens (primary N) is 1. The highest BCUT2D eigenvalue weighted by atomic mass is 16.1. The first-order chi connectivity index (χ1) is 18.3. The van der Waals surface area contributed by atoms with Crippen LogP contribution in [0.25, 0.3) is 5.57 Å². The maximum atomic E-state index is 8.58. The van der Waals surface area contributed by atoms with Crippen LogP contribution in [0.1, 0.15) is 92.9 Å². The summed E-state index contributed by atoms with van der Waals surface area (Å²) in [6, 6.07) is 21.1. The molecule has 0 aliphatic heterocycles. The lowest BCUT2D eigenvalue weighted by atomic mass is 9.90. The third-order valence-electron chi connectivity index (χ3n) is 6.35. The maximum Gasteiger partial charge on any atom is 0.204 e. The third kappa shape index (κ3) is 11.5. The number of pyridine rings is 1. The summed E-state index contributed by atoms with van der Waals surface area (Å²) in [5.41, 5.74) is 13.7. The Kier molecular flexibility index (Phi) is 15.6. The Morgan fingerprint density at radius 2 is 1.68 bits per heavy atom. The van der Waals surface area contributed by atoms with Gasteiger partial charge in [-0.25, -0.2) is 0 Å². The van der Waals surface area contributed by atoms with Gasteiger partial charge in [-0.2, -0.15) is 0 Å². The number of aryl methyl sites for hydroxylation is 2. The van der Waals surface area contributed by atoms with Crippen molar-refractivity contribution in [3.05, 3.63) is 100 Å². The standard InChI is InChI=1S/C18H22N2.C15H20.CH3NO/c1-5-13(2)16-10-9-14(3)18(11-16)19-12-17-8-6-7-15(4)20-17;1-4-7-14(8-5-2)15-11-9-13(6-3)10-12-15;2-1-3/h5-11,19H,12H2,1-4H3;3,9-12,14H,4-5,7-8H2,1-2H3;1H,(H2,2,3)/b13-5-;;. The van der Waals surface area contributed by atoms with Crippen molar-refractivity contribution in [3.8, 4) is 12.3 Å². The van der Waals surface area contributed by atoms with Crippen molar-refractivity contribution < 1.29 is 4.79 Å². The van der Waals surface area contributed by atoms with Gasteiger partial charge in [0.05, 0.1) is 12.2 Å². The fraction of sp³-hybridized carbons (Fsp3) is 0.353. The normalized spacial score (nSPS) is 10.4. The SMILES string of the molecule is C#Cc1ccc(C(CCC)CCC)cc1.C/C=C(/C)c1ccc(C)c(NCc2cccc(C)n2)c1.NC=O. The van der Waals surface area contributed by atoms with Crippen molar-refractivity contribution in [2.75, 3.05) is 5.32 Å². The molecule has 0 saturated heterocycles. The second kappa shape index (κ2) is 18.4. The van der Waals surface area contributed by atoms with Gasteiger partial charge >= 0.3 is 0 Å². The van der Waals surface area contributed by atoms with Crippen LogP contribution in [0.3, 0.4) is 0 Å². The molecule has 0 unspecified atom stereocenters. The molecule has 0 fully saturated rings. The molecule has 0 radical (unpaired) electrons. The van der Waals surface area contributed by atoms with Gasteiger partial charge in [0, 0.05) is 16.9 Å². The molecule has 3 N–H and O–H groups in total. The molecular formula is C34H45N3O. The minimum atomic E-state index is 0.250. The van der Waals surface area contributed by atoms with E-state index >= 15 is 0 Å². The molecule has 4 heteroatoms. The van der Waals surface area contributed by atoms with Gasteiger partial charge in [-0.3, -0.25) is 9.78 Å². The molecule has 0 aliphatic carbocycles. The fourth-order valence-electron chi connectivity index (χ4n) is 4.13. The fourth-order valence-corrected chi connectivity index (χ4v) is 4.13. The molecule has 0 aliphatic rings. The molecule has 1 heterocycles. The van der Waals surface area contributed by atoms with E-state index in [1.165, 1.54) is 53.6 Å². The van der Waals surface area contributed by atoms with Crippen molar-refractivity contribution in [1.82, 2.24) is 4.98 Å². The minimum Gasteiger partial charge on any atom is -0.379 e. The molecule has 0 spiro atoms. The number of carbonyl (C=O) groups excluding carboxylic acids is 1. The van der Waals surface area contributed by atoms with Gasteiger partial charge in [0.2, 0.25) is 6.41 Å². The van der Waals surface area contributed by atoms with E-state index in [1.54, 1.807) is 0 Å². The predicted octanol–water partition coefficient (Wildman–Crippen LogP) is 8.19. The Hall–Kier alpha value is -3.84. The molecule has 38 heavy (non-hydrogen) atoms. The summed E-state index contributed by atoms with van der Waals surface area (Å²) < 4.78 is 0. The highest BCUT2D eigenvalue weighted by Gasteiger charge is 2.09. The van der Waals surface area contributed by atoms with Crippen molar-refractivity contribution in [2.24, 2.45) is 5.73 Å². The molecule has 1 aromatic heterocycles. The smallest absolute Gasteiger partial charge is 0.204 e. The molecule has 0 saturated carbocycles. The van der Waals surface area contributed by atoms with E-state index < -0.39 is 0 Å². The lowest BCUT2D eigenvalue weighted by Gasteiger charge is -2.15. The van der Waals surface area contributed by atoms with E-state index in [0.29, 0.717) is 5.92 Å². The molecule has 4 nitrogen and oxygen atoms in total. The van der Waals surface area contributed by atoms with Gasteiger partial charge in [-0.15, -0.1) is 6.42 Å². The monoisotopic (exact) mass is 511 g/mol. The number of anilines is 1. The number of primary amides is 1. The van der Waals surface area contributed by atoms with Gasteiger partial charge in [-0.1, -0.05) is 69.0 Å². The quantitative estimate of drug-likeness (QED) is 0.225. The summed E-state index contributed by atoms with van der Waals surface area (Å²) in [4.78, 5) is 13.1. The Morgan fingerprint density at radius 3 is 2.21 bits per heavy atom. The highest BCUT2D eigenvalue weighted by Crippen LogP contribution is 2.26. The number of allylic oxidation sites excluding steroid dienone is 2. The second-order valence-corrected chi connectivity index (χ2v) is 9.30. The van der Waals surface area contributed by atoms with E-state index in [1.807, 2.05) is 31.2 Å². The number of benzene rings is 2. The zero-order valence-corrected chi connectivity index (χ0v) is 24.1. The van der Waals surface area contributed by atoms with Crippen LogP contribution in [-0.4, -0.2) is 11.4 Å². The summed E-state index contributed by atoms with van der Waals surface area (Å²) in [5.74, 6) is 3.37. The molecule has 1 amide bonds. The second-order valence-electron chi connectivity index (χ2n) is 9.30. The Morgan fingerprint density at radius 1 is 1.05 bits per heavy atom. The number of aromatic nitrogens is 1. The van der Waals surface area contributed by atoms with Crippen LogP contribution >= 0.6 is 0 Å². The molecular weight excluding hydrogens is 466 g/mol. The average molecular weight is 512 g/mol. The molecule has 0 bridgehead atoms. The number of terminal acetylenes is 1. The molecule has 3 rings (SSSR count). The number of carbonyl (C=O) groups is 1. The van der Waals surface area contributed by atoms with Crippen molar-refractivity contribution in [2.45, 2.75) is 79.7 Å². The van der Waals surface area contributed by atoms with Crippen LogP contribution in [0.5, 0.6) is 0 Å². The van der Waals surface area contributed by atoms with E-state index in [2.05, 4.69) is 99.0 Å². The lowest BCUT2D eigenvalue weighted by Crippen LogP contribution is -2.04. The number of hydrogen-bond donors (Lipinski definition) is 2. The topological polar surface area (TPSA) is 68.0 Å². The molecule has 3 aromatic rings. The lowest BCUT2D eigenvalue weighted by molar-refractivity contribution is -0.106. The van der Waals surface area contributed by atoms with Crippen molar-refractivity contribution in [3.63, 3.8) is 0 Å². The number of nitrogens with one attached hydrogen (secondary N) is 1. The number of hydrogen-bond acceptors (Lipinski definition) is 3. The predicted molar refractivity (Wildman–Crippen MR) is 164 cm³/mol. The first-order valence-electron chi connectivity index (χ1n) is 13.5. The van der Waals surface area contributed by atoms with E-state index in [-0.39, 0.29) is 6.41 Å².